The van der Waals surface area contributed by atoms with Crippen LogP contribution in [-0.2, 0) is 14.3 Å². The molecule has 0 unspecified atom stereocenters. The van der Waals surface area contributed by atoms with Gasteiger partial charge in [0.05, 0.1) is 25.0 Å². The molecular weight excluding hydrogens is 413 g/mol. The van der Waals surface area contributed by atoms with E-state index in [-0.39, 0.29) is 5.75 Å². The normalized spacial score (nSPS) is 10.2. The first-order chi connectivity index (χ1) is 12.9. The average molecular weight is 430 g/mol. The van der Waals surface area contributed by atoms with Crippen molar-refractivity contribution < 1.29 is 23.8 Å². The Labute approximate surface area is 171 Å². The highest BCUT2D eigenvalue weighted by Crippen LogP contribution is 2.30. The lowest BCUT2D eigenvalue weighted by Crippen LogP contribution is -2.21. The second kappa shape index (κ2) is 10.3. The lowest BCUT2D eigenvalue weighted by Gasteiger charge is -2.11. The van der Waals surface area contributed by atoms with E-state index >= 15 is 0 Å². The largest absolute Gasteiger partial charge is 0.493 e. The lowest BCUT2D eigenvalue weighted by atomic mass is 10.2. The molecule has 2 rings (SSSR count). The van der Waals surface area contributed by atoms with Crippen LogP contribution in [-0.4, -0.2) is 38.5 Å². The number of benzene rings is 2. The van der Waals surface area contributed by atoms with Gasteiger partial charge in [-0.25, -0.2) is 0 Å². The molecule has 0 saturated carbocycles. The number of carbonyl (C=O) groups excluding carboxylic acids is 2. The van der Waals surface area contributed by atoms with Crippen molar-refractivity contribution in [2.24, 2.45) is 0 Å². The van der Waals surface area contributed by atoms with E-state index in [9.17, 15) is 9.59 Å². The third-order valence-corrected chi connectivity index (χ3v) is 4.98. The van der Waals surface area contributed by atoms with Crippen LogP contribution in [0, 0.1) is 0 Å². The number of thioether (sulfide) groups is 1. The first-order valence-electron chi connectivity index (χ1n) is 7.68. The first kappa shape index (κ1) is 21.2. The summed E-state index contributed by atoms with van der Waals surface area (Å²) in [5, 5.41) is 3.62. The average Bonchev–Trinajstić information content (AvgIpc) is 2.66. The maximum atomic E-state index is 11.9. The van der Waals surface area contributed by atoms with E-state index in [1.165, 1.54) is 26.0 Å². The summed E-state index contributed by atoms with van der Waals surface area (Å²) in [7, 11) is 3.01. The van der Waals surface area contributed by atoms with Crippen molar-refractivity contribution in [3.05, 3.63) is 46.4 Å². The van der Waals surface area contributed by atoms with E-state index in [0.29, 0.717) is 32.1 Å². The smallest absolute Gasteiger partial charge is 0.316 e. The van der Waals surface area contributed by atoms with E-state index in [0.717, 1.165) is 0 Å². The van der Waals surface area contributed by atoms with Crippen molar-refractivity contribution >= 4 is 52.5 Å². The molecular formula is C18H17Cl2NO5S. The van der Waals surface area contributed by atoms with E-state index < -0.39 is 18.5 Å². The summed E-state index contributed by atoms with van der Waals surface area (Å²) in [5.41, 5.74) is 0.494. The van der Waals surface area contributed by atoms with Gasteiger partial charge < -0.3 is 19.5 Å². The number of methoxy groups -OCH3 is 2. The minimum absolute atomic E-state index is 0.00367. The number of hydrogen-bond donors (Lipinski definition) is 1. The Morgan fingerprint density at radius 2 is 1.78 bits per heavy atom. The van der Waals surface area contributed by atoms with Crippen LogP contribution < -0.4 is 14.8 Å². The number of amides is 1. The maximum Gasteiger partial charge on any atom is 0.316 e. The van der Waals surface area contributed by atoms with Crippen molar-refractivity contribution in [2.75, 3.05) is 31.9 Å². The molecule has 27 heavy (non-hydrogen) atoms. The predicted octanol–water partition coefficient (Wildman–Crippen LogP) is 4.28. The zero-order valence-electron chi connectivity index (χ0n) is 14.6. The number of ether oxygens (including phenoxy) is 3. The SMILES string of the molecule is COc1ccc(NC(=O)COC(=O)CSc2cc(Cl)ccc2Cl)cc1OC. The fourth-order valence-corrected chi connectivity index (χ4v) is 3.31. The highest BCUT2D eigenvalue weighted by Gasteiger charge is 2.12. The van der Waals surface area contributed by atoms with Gasteiger partial charge in [-0.3, -0.25) is 9.59 Å². The Kier molecular flexibility index (Phi) is 8.09. The van der Waals surface area contributed by atoms with Gasteiger partial charge in [-0.1, -0.05) is 23.2 Å². The summed E-state index contributed by atoms with van der Waals surface area (Å²) in [6.07, 6.45) is 0. The monoisotopic (exact) mass is 429 g/mol. The van der Waals surface area contributed by atoms with Crippen LogP contribution in [0.3, 0.4) is 0 Å². The van der Waals surface area contributed by atoms with Gasteiger partial charge in [-0.05, 0) is 30.3 Å². The first-order valence-corrected chi connectivity index (χ1v) is 9.42. The molecule has 2 aromatic rings. The second-order valence-electron chi connectivity index (χ2n) is 5.14. The van der Waals surface area contributed by atoms with Crippen molar-refractivity contribution in [3.63, 3.8) is 0 Å². The topological polar surface area (TPSA) is 73.9 Å². The van der Waals surface area contributed by atoms with Gasteiger partial charge in [0.2, 0.25) is 0 Å². The molecule has 6 nitrogen and oxygen atoms in total. The van der Waals surface area contributed by atoms with Gasteiger partial charge in [0.25, 0.3) is 5.91 Å². The summed E-state index contributed by atoms with van der Waals surface area (Å²) >= 11 is 13.1. The van der Waals surface area contributed by atoms with Crippen LogP contribution in [0.15, 0.2) is 41.3 Å². The van der Waals surface area contributed by atoms with Crippen molar-refractivity contribution in [2.45, 2.75) is 4.90 Å². The van der Waals surface area contributed by atoms with Gasteiger partial charge in [0, 0.05) is 21.7 Å². The number of halogens is 2. The molecule has 0 aliphatic rings. The molecule has 0 radical (unpaired) electrons. The quantitative estimate of drug-likeness (QED) is 0.498. The molecule has 0 aliphatic heterocycles. The molecule has 0 atom stereocenters. The van der Waals surface area contributed by atoms with Crippen LogP contribution in [0.5, 0.6) is 11.5 Å². The fourth-order valence-electron chi connectivity index (χ4n) is 2.02. The maximum absolute atomic E-state index is 11.9. The van der Waals surface area contributed by atoms with E-state index in [4.69, 9.17) is 37.4 Å². The summed E-state index contributed by atoms with van der Waals surface area (Å²) in [6, 6.07) is 9.88. The van der Waals surface area contributed by atoms with Crippen LogP contribution in [0.4, 0.5) is 5.69 Å². The Morgan fingerprint density at radius 3 is 2.48 bits per heavy atom. The van der Waals surface area contributed by atoms with Gasteiger partial charge in [-0.15, -0.1) is 11.8 Å². The zero-order chi connectivity index (χ0) is 19.8. The second-order valence-corrected chi connectivity index (χ2v) is 7.00. The summed E-state index contributed by atoms with van der Waals surface area (Å²) in [5.74, 6) is 0.00421. The number of hydrogen-bond acceptors (Lipinski definition) is 6. The zero-order valence-corrected chi connectivity index (χ0v) is 16.9. The molecule has 0 spiro atoms. The van der Waals surface area contributed by atoms with Crippen LogP contribution in [0.25, 0.3) is 0 Å². The summed E-state index contributed by atoms with van der Waals surface area (Å²) in [6.45, 7) is -0.406. The number of carbonyl (C=O) groups is 2. The molecule has 0 aliphatic carbocycles. The van der Waals surface area contributed by atoms with Crippen molar-refractivity contribution in [1.29, 1.82) is 0 Å². The Bertz CT molecular complexity index is 831. The van der Waals surface area contributed by atoms with Gasteiger partial charge in [-0.2, -0.15) is 0 Å². The van der Waals surface area contributed by atoms with Crippen molar-refractivity contribution in [3.8, 4) is 11.5 Å². The molecule has 2 aromatic carbocycles. The fraction of sp³-hybridized carbons (Fsp3) is 0.222. The molecule has 9 heteroatoms. The van der Waals surface area contributed by atoms with E-state index in [2.05, 4.69) is 5.32 Å². The molecule has 0 heterocycles. The van der Waals surface area contributed by atoms with Crippen LogP contribution >= 0.6 is 35.0 Å². The number of esters is 1. The van der Waals surface area contributed by atoms with Gasteiger partial charge in [0.1, 0.15) is 0 Å². The Balaban J connectivity index is 1.81. The standard InChI is InChI=1S/C18H17Cl2NO5S/c1-24-14-6-4-12(8-15(14)25-2)21-17(22)9-26-18(23)10-27-16-7-11(19)3-5-13(16)20/h3-8H,9-10H2,1-2H3,(H,21,22). The van der Waals surface area contributed by atoms with E-state index in [1.54, 1.807) is 36.4 Å². The summed E-state index contributed by atoms with van der Waals surface area (Å²) < 4.78 is 15.3. The molecule has 1 N–H and O–H groups in total. The van der Waals surface area contributed by atoms with Crippen LogP contribution in [0.1, 0.15) is 0 Å². The number of nitrogens with one attached hydrogen (secondary N) is 1. The van der Waals surface area contributed by atoms with E-state index in [1.807, 2.05) is 0 Å². The van der Waals surface area contributed by atoms with Crippen LogP contribution in [0.2, 0.25) is 10.0 Å². The third kappa shape index (κ3) is 6.53. The molecule has 0 saturated heterocycles. The Hall–Kier alpha value is -2.09. The highest BCUT2D eigenvalue weighted by atomic mass is 35.5. The number of anilines is 1. The number of rotatable bonds is 8. The minimum atomic E-state index is -0.543. The summed E-state index contributed by atoms with van der Waals surface area (Å²) in [4.78, 5) is 24.4. The lowest BCUT2D eigenvalue weighted by molar-refractivity contribution is -0.144. The Morgan fingerprint density at radius 1 is 1.04 bits per heavy atom. The molecule has 1 amide bonds. The van der Waals surface area contributed by atoms with Gasteiger partial charge in [0.15, 0.2) is 18.1 Å². The minimum Gasteiger partial charge on any atom is -0.493 e. The molecule has 144 valence electrons. The predicted molar refractivity (Wildman–Crippen MR) is 106 cm³/mol. The molecule has 0 bridgehead atoms. The third-order valence-electron chi connectivity index (χ3n) is 3.27. The highest BCUT2D eigenvalue weighted by molar-refractivity contribution is 8.00. The van der Waals surface area contributed by atoms with Gasteiger partial charge >= 0.3 is 5.97 Å². The molecule has 0 aromatic heterocycles. The molecule has 0 fully saturated rings. The van der Waals surface area contributed by atoms with Crippen molar-refractivity contribution in [1.82, 2.24) is 0 Å².